The van der Waals surface area contributed by atoms with Gasteiger partial charge in [-0.25, -0.2) is 0 Å². The minimum atomic E-state index is 0.669. The number of benzene rings is 2. The van der Waals surface area contributed by atoms with Crippen LogP contribution in [0.2, 0.25) is 0 Å². The lowest BCUT2D eigenvalue weighted by atomic mass is 10.1. The lowest BCUT2D eigenvalue weighted by molar-refractivity contribution is 1.20. The molecule has 2 N–H and O–H groups in total. The highest BCUT2D eigenvalue weighted by Crippen LogP contribution is 2.29. The maximum absolute atomic E-state index is 5.93. The van der Waals surface area contributed by atoms with Crippen LogP contribution >= 0.6 is 0 Å². The van der Waals surface area contributed by atoms with Crippen molar-refractivity contribution in [1.29, 1.82) is 0 Å². The fourth-order valence-corrected chi connectivity index (χ4v) is 1.73. The van der Waals surface area contributed by atoms with E-state index in [0.717, 1.165) is 22.5 Å². The summed E-state index contributed by atoms with van der Waals surface area (Å²) in [6.07, 6.45) is 0. The highest BCUT2D eigenvalue weighted by Gasteiger charge is 2.02. The predicted molar refractivity (Wildman–Crippen MR) is 70.9 cm³/mol. The van der Waals surface area contributed by atoms with E-state index in [9.17, 15) is 0 Å². The molecule has 0 radical (unpaired) electrons. The van der Waals surface area contributed by atoms with Crippen LogP contribution in [0.1, 0.15) is 11.1 Å². The molecule has 0 aliphatic carbocycles. The molecule has 0 aromatic heterocycles. The van der Waals surface area contributed by atoms with Crippen molar-refractivity contribution in [3.05, 3.63) is 53.6 Å². The summed E-state index contributed by atoms with van der Waals surface area (Å²) in [6.45, 7) is 4.00. The van der Waals surface area contributed by atoms with E-state index < -0.39 is 0 Å². The normalized spacial score (nSPS) is 10.9. The van der Waals surface area contributed by atoms with Gasteiger partial charge in [0.2, 0.25) is 0 Å². The third-order valence-electron chi connectivity index (χ3n) is 2.50. The minimum absolute atomic E-state index is 0.669. The lowest BCUT2D eigenvalue weighted by Crippen LogP contribution is -1.89. The second-order valence-electron chi connectivity index (χ2n) is 4.06. The summed E-state index contributed by atoms with van der Waals surface area (Å²) in [6, 6.07) is 13.6. The first-order valence-corrected chi connectivity index (χ1v) is 5.50. The van der Waals surface area contributed by atoms with Gasteiger partial charge in [0.25, 0.3) is 0 Å². The van der Waals surface area contributed by atoms with E-state index in [2.05, 4.69) is 16.3 Å². The maximum Gasteiger partial charge on any atom is 0.111 e. The van der Waals surface area contributed by atoms with Gasteiger partial charge < -0.3 is 5.73 Å². The molecule has 0 fully saturated rings. The van der Waals surface area contributed by atoms with E-state index in [1.165, 1.54) is 0 Å². The first-order valence-electron chi connectivity index (χ1n) is 5.50. The van der Waals surface area contributed by atoms with Crippen LogP contribution < -0.4 is 5.73 Å². The first kappa shape index (κ1) is 11.3. The van der Waals surface area contributed by atoms with Crippen molar-refractivity contribution >= 4 is 17.1 Å². The van der Waals surface area contributed by atoms with Crippen LogP contribution in [0.15, 0.2) is 52.7 Å². The Hall–Kier alpha value is -2.16. The summed E-state index contributed by atoms with van der Waals surface area (Å²) in [7, 11) is 0. The summed E-state index contributed by atoms with van der Waals surface area (Å²) >= 11 is 0. The van der Waals surface area contributed by atoms with Gasteiger partial charge in [-0.15, -0.1) is 5.11 Å². The number of azo groups is 1. The van der Waals surface area contributed by atoms with Gasteiger partial charge in [-0.05, 0) is 43.2 Å². The molecule has 0 heterocycles. The fraction of sp³-hybridized carbons (Fsp3) is 0.143. The van der Waals surface area contributed by atoms with Crippen LogP contribution in [0.25, 0.3) is 0 Å². The molecule has 2 aromatic rings. The molecular formula is C14H15N3. The van der Waals surface area contributed by atoms with Crippen molar-refractivity contribution in [3.63, 3.8) is 0 Å². The van der Waals surface area contributed by atoms with Crippen molar-refractivity contribution in [3.8, 4) is 0 Å². The second kappa shape index (κ2) is 4.78. The highest BCUT2D eigenvalue weighted by atomic mass is 15.1. The number of anilines is 1. The van der Waals surface area contributed by atoms with E-state index in [4.69, 9.17) is 5.73 Å². The van der Waals surface area contributed by atoms with Gasteiger partial charge in [0.1, 0.15) is 5.69 Å². The molecule has 0 aliphatic heterocycles. The zero-order valence-corrected chi connectivity index (χ0v) is 10.0. The topological polar surface area (TPSA) is 50.7 Å². The third-order valence-corrected chi connectivity index (χ3v) is 2.50. The SMILES string of the molecule is Cc1cc(C)c(N=Nc2ccccc2)c(N)c1. The largest absolute Gasteiger partial charge is 0.397 e. The average Bonchev–Trinajstić information content (AvgIpc) is 2.29. The van der Waals surface area contributed by atoms with E-state index in [-0.39, 0.29) is 0 Å². The first-order chi connectivity index (χ1) is 8.16. The second-order valence-corrected chi connectivity index (χ2v) is 4.06. The Kier molecular flexibility index (Phi) is 3.19. The Labute approximate surface area is 101 Å². The number of rotatable bonds is 2. The molecule has 0 bridgehead atoms. The van der Waals surface area contributed by atoms with E-state index in [1.807, 2.05) is 50.2 Å². The van der Waals surface area contributed by atoms with Gasteiger partial charge >= 0.3 is 0 Å². The standard InChI is InChI=1S/C14H15N3/c1-10-8-11(2)14(13(15)9-10)17-16-12-6-4-3-5-7-12/h3-9H,15H2,1-2H3. The summed E-state index contributed by atoms with van der Waals surface area (Å²) in [5.74, 6) is 0. The van der Waals surface area contributed by atoms with Crippen LogP contribution in [-0.4, -0.2) is 0 Å². The van der Waals surface area contributed by atoms with Crippen LogP contribution in [-0.2, 0) is 0 Å². The molecule has 0 saturated carbocycles. The summed E-state index contributed by atoms with van der Waals surface area (Å²) in [5.41, 5.74) is 10.4. The van der Waals surface area contributed by atoms with Gasteiger partial charge in [0.15, 0.2) is 0 Å². The average molecular weight is 225 g/mol. The van der Waals surface area contributed by atoms with E-state index >= 15 is 0 Å². The van der Waals surface area contributed by atoms with Gasteiger partial charge in [0, 0.05) is 0 Å². The molecule has 0 atom stereocenters. The number of nitrogens with zero attached hydrogens (tertiary/aromatic N) is 2. The number of hydrogen-bond acceptors (Lipinski definition) is 3. The molecule has 3 nitrogen and oxygen atoms in total. The number of hydrogen-bond donors (Lipinski definition) is 1. The highest BCUT2D eigenvalue weighted by molar-refractivity contribution is 5.67. The Balaban J connectivity index is 2.34. The van der Waals surface area contributed by atoms with Crippen LogP contribution in [0.3, 0.4) is 0 Å². The van der Waals surface area contributed by atoms with Crippen LogP contribution in [0.5, 0.6) is 0 Å². The van der Waals surface area contributed by atoms with Gasteiger partial charge in [-0.2, -0.15) is 5.11 Å². The molecule has 0 aliphatic rings. The fourth-order valence-electron chi connectivity index (χ4n) is 1.73. The summed E-state index contributed by atoms with van der Waals surface area (Å²) in [4.78, 5) is 0. The Morgan fingerprint density at radius 2 is 1.65 bits per heavy atom. The minimum Gasteiger partial charge on any atom is -0.397 e. The quantitative estimate of drug-likeness (QED) is 0.601. The van der Waals surface area contributed by atoms with Crippen molar-refractivity contribution in [2.75, 3.05) is 5.73 Å². The van der Waals surface area contributed by atoms with Crippen molar-refractivity contribution < 1.29 is 0 Å². The zero-order chi connectivity index (χ0) is 12.3. The van der Waals surface area contributed by atoms with Crippen molar-refractivity contribution in [2.45, 2.75) is 13.8 Å². The third kappa shape index (κ3) is 2.69. The molecule has 2 rings (SSSR count). The predicted octanol–water partition coefficient (Wildman–Crippen LogP) is 4.30. The molecule has 3 heteroatoms. The number of nitrogen functional groups attached to an aromatic ring is 1. The molecule has 86 valence electrons. The number of nitrogens with two attached hydrogens (primary N) is 1. The monoisotopic (exact) mass is 225 g/mol. The van der Waals surface area contributed by atoms with E-state index in [1.54, 1.807) is 0 Å². The Morgan fingerprint density at radius 3 is 2.29 bits per heavy atom. The molecule has 0 spiro atoms. The van der Waals surface area contributed by atoms with Gasteiger partial charge in [0.05, 0.1) is 11.4 Å². The maximum atomic E-state index is 5.93. The molecular weight excluding hydrogens is 210 g/mol. The van der Waals surface area contributed by atoms with Gasteiger partial charge in [-0.3, -0.25) is 0 Å². The number of aryl methyl sites for hydroxylation is 2. The van der Waals surface area contributed by atoms with Crippen LogP contribution in [0, 0.1) is 13.8 Å². The van der Waals surface area contributed by atoms with Gasteiger partial charge in [-0.1, -0.05) is 24.3 Å². The molecule has 0 unspecified atom stereocenters. The van der Waals surface area contributed by atoms with Crippen molar-refractivity contribution in [1.82, 2.24) is 0 Å². The summed E-state index contributed by atoms with van der Waals surface area (Å²) < 4.78 is 0. The smallest absolute Gasteiger partial charge is 0.111 e. The lowest BCUT2D eigenvalue weighted by Gasteiger charge is -2.04. The molecule has 0 amide bonds. The summed E-state index contributed by atoms with van der Waals surface area (Å²) in [5, 5.41) is 8.39. The molecule has 17 heavy (non-hydrogen) atoms. The Morgan fingerprint density at radius 1 is 0.941 bits per heavy atom. The van der Waals surface area contributed by atoms with E-state index in [0.29, 0.717) is 5.69 Å². The molecule has 2 aromatic carbocycles. The van der Waals surface area contributed by atoms with Crippen molar-refractivity contribution in [2.24, 2.45) is 10.2 Å². The van der Waals surface area contributed by atoms with Crippen LogP contribution in [0.4, 0.5) is 17.1 Å². The zero-order valence-electron chi connectivity index (χ0n) is 10.0. The molecule has 0 saturated heterocycles. The Bertz CT molecular complexity index is 522.